The summed E-state index contributed by atoms with van der Waals surface area (Å²) in [6.07, 6.45) is 0. The van der Waals surface area contributed by atoms with Crippen molar-refractivity contribution in [1.82, 2.24) is 20.2 Å². The molecule has 0 aliphatic heterocycles. The van der Waals surface area contributed by atoms with E-state index in [0.717, 1.165) is 0 Å². The Hall–Kier alpha value is -1.44. The number of tetrazole rings is 1. The molecule has 0 amide bonds. The molecule has 0 aliphatic rings. The van der Waals surface area contributed by atoms with Crippen LogP contribution in [0.5, 0.6) is 0 Å². The van der Waals surface area contributed by atoms with Gasteiger partial charge in [-0.15, -0.1) is 0 Å². The first-order valence-corrected chi connectivity index (χ1v) is 1.97. The zero-order chi connectivity index (χ0) is 5.98. The van der Waals surface area contributed by atoms with Crippen LogP contribution in [0, 0.1) is 11.3 Å². The first-order chi connectivity index (χ1) is 3.84. The minimum atomic E-state index is 0.227. The topological polar surface area (TPSA) is 67.4 Å². The highest BCUT2D eigenvalue weighted by Gasteiger charge is 1.94. The molecule has 1 aromatic rings. The maximum absolute atomic E-state index is 8.19. The summed E-state index contributed by atoms with van der Waals surface area (Å²) in [5.74, 6) is 0.227. The van der Waals surface area contributed by atoms with Gasteiger partial charge in [-0.25, -0.2) is 4.68 Å². The van der Waals surface area contributed by atoms with Gasteiger partial charge in [0.15, 0.2) is 0 Å². The minimum absolute atomic E-state index is 0.227. The summed E-state index contributed by atoms with van der Waals surface area (Å²) < 4.78 is 1.31. The van der Waals surface area contributed by atoms with E-state index in [1.165, 1.54) is 4.68 Å². The van der Waals surface area contributed by atoms with Crippen LogP contribution in [0.25, 0.3) is 0 Å². The van der Waals surface area contributed by atoms with Crippen molar-refractivity contribution in [2.45, 2.75) is 0 Å². The number of nitrogens with zero attached hydrogens (tertiary/aromatic N) is 5. The Morgan fingerprint density at radius 3 is 2.75 bits per heavy atom. The molecule has 0 unspecified atom stereocenters. The summed E-state index contributed by atoms with van der Waals surface area (Å²) in [5, 5.41) is 18.2. The van der Waals surface area contributed by atoms with Crippen molar-refractivity contribution in [3.63, 3.8) is 0 Å². The van der Waals surface area contributed by atoms with Gasteiger partial charge in [-0.05, 0) is 10.4 Å². The molecule has 0 fully saturated rings. The third-order valence-electron chi connectivity index (χ3n) is 0.720. The third-order valence-corrected chi connectivity index (χ3v) is 0.720. The van der Waals surface area contributed by atoms with Gasteiger partial charge in [0, 0.05) is 7.05 Å². The summed E-state index contributed by atoms with van der Waals surface area (Å²) in [6.45, 7) is 0. The molecule has 0 saturated carbocycles. The van der Waals surface area contributed by atoms with Crippen LogP contribution in [0.2, 0.25) is 0 Å². The van der Waals surface area contributed by atoms with Crippen molar-refractivity contribution in [3.8, 4) is 6.07 Å². The average molecular weight is 109 g/mol. The molecule has 1 aromatic heterocycles. The molecule has 1 rings (SSSR count). The highest BCUT2D eigenvalue weighted by molar-refractivity contribution is 5.04. The van der Waals surface area contributed by atoms with Crippen LogP contribution in [0.4, 0.5) is 0 Å². The van der Waals surface area contributed by atoms with Gasteiger partial charge in [-0.1, -0.05) is 5.10 Å². The lowest BCUT2D eigenvalue weighted by Gasteiger charge is -1.79. The summed E-state index contributed by atoms with van der Waals surface area (Å²) in [7, 11) is 1.61. The molecule has 0 radical (unpaired) electrons. The standard InChI is InChI=1S/C3H3N5/c1-8-3(2-4)5-6-7-8/h1H3. The summed E-state index contributed by atoms with van der Waals surface area (Å²) >= 11 is 0. The second-order valence-electron chi connectivity index (χ2n) is 1.24. The second kappa shape index (κ2) is 1.58. The van der Waals surface area contributed by atoms with Crippen LogP contribution >= 0.6 is 0 Å². The van der Waals surface area contributed by atoms with Crippen LogP contribution in [0.3, 0.4) is 0 Å². The highest BCUT2D eigenvalue weighted by Crippen LogP contribution is 1.79. The van der Waals surface area contributed by atoms with E-state index in [0.29, 0.717) is 0 Å². The number of rotatable bonds is 0. The van der Waals surface area contributed by atoms with Crippen molar-refractivity contribution >= 4 is 0 Å². The molecular formula is C3H3N5. The fraction of sp³-hybridized carbons (Fsp3) is 0.333. The Bertz CT molecular complexity index is 218. The Morgan fingerprint density at radius 2 is 2.50 bits per heavy atom. The monoisotopic (exact) mass is 109 g/mol. The van der Waals surface area contributed by atoms with Gasteiger partial charge >= 0.3 is 0 Å². The van der Waals surface area contributed by atoms with Crippen LogP contribution < -0.4 is 0 Å². The van der Waals surface area contributed by atoms with E-state index in [2.05, 4.69) is 15.5 Å². The van der Waals surface area contributed by atoms with Crippen molar-refractivity contribution in [3.05, 3.63) is 5.82 Å². The molecule has 0 aromatic carbocycles. The van der Waals surface area contributed by atoms with Crippen molar-refractivity contribution < 1.29 is 0 Å². The fourth-order valence-corrected chi connectivity index (χ4v) is 0.324. The lowest BCUT2D eigenvalue weighted by atomic mass is 10.7. The maximum Gasteiger partial charge on any atom is 0.252 e. The Morgan fingerprint density at radius 1 is 1.75 bits per heavy atom. The molecular weight excluding hydrogens is 106 g/mol. The van der Waals surface area contributed by atoms with Crippen LogP contribution in [-0.2, 0) is 7.05 Å². The SMILES string of the molecule is Cn1nnnc1C#N. The molecule has 0 N–H and O–H groups in total. The first-order valence-electron chi connectivity index (χ1n) is 1.97. The number of nitriles is 1. The number of aromatic nitrogens is 4. The maximum atomic E-state index is 8.19. The van der Waals surface area contributed by atoms with Crippen LogP contribution in [0.1, 0.15) is 5.82 Å². The molecule has 0 atom stereocenters. The van der Waals surface area contributed by atoms with Gasteiger partial charge in [0.05, 0.1) is 0 Å². The number of aryl methyl sites for hydroxylation is 1. The normalized spacial score (nSPS) is 8.50. The van der Waals surface area contributed by atoms with Gasteiger partial charge in [0.1, 0.15) is 6.07 Å². The van der Waals surface area contributed by atoms with Crippen molar-refractivity contribution in [1.29, 1.82) is 5.26 Å². The van der Waals surface area contributed by atoms with Crippen LogP contribution in [-0.4, -0.2) is 20.2 Å². The zero-order valence-electron chi connectivity index (χ0n) is 4.24. The lowest BCUT2D eigenvalue weighted by Crippen LogP contribution is -1.93. The molecule has 5 heteroatoms. The second-order valence-corrected chi connectivity index (χ2v) is 1.24. The van der Waals surface area contributed by atoms with Crippen molar-refractivity contribution in [2.75, 3.05) is 0 Å². The summed E-state index contributed by atoms with van der Waals surface area (Å²) in [4.78, 5) is 0. The molecule has 8 heavy (non-hydrogen) atoms. The van der Waals surface area contributed by atoms with E-state index in [1.54, 1.807) is 13.1 Å². The van der Waals surface area contributed by atoms with Gasteiger partial charge < -0.3 is 0 Å². The van der Waals surface area contributed by atoms with Gasteiger partial charge in [0.2, 0.25) is 0 Å². The smallest absolute Gasteiger partial charge is 0.220 e. The predicted molar refractivity (Wildman–Crippen MR) is 23.5 cm³/mol. The predicted octanol–water partition coefficient (Wildman–Crippen LogP) is -0.918. The summed E-state index contributed by atoms with van der Waals surface area (Å²) in [6, 6.07) is 1.80. The van der Waals surface area contributed by atoms with Crippen LogP contribution in [0.15, 0.2) is 0 Å². The number of hydrogen-bond acceptors (Lipinski definition) is 4. The zero-order valence-corrected chi connectivity index (χ0v) is 4.24. The van der Waals surface area contributed by atoms with E-state index in [9.17, 15) is 0 Å². The summed E-state index contributed by atoms with van der Waals surface area (Å²) in [5.41, 5.74) is 0. The Kier molecular flexibility index (Phi) is 0.929. The molecule has 0 aliphatic carbocycles. The first kappa shape index (κ1) is 4.71. The molecule has 0 spiro atoms. The third kappa shape index (κ3) is 0.518. The lowest BCUT2D eigenvalue weighted by molar-refractivity contribution is 0.704. The molecule has 0 saturated heterocycles. The molecule has 1 heterocycles. The van der Waals surface area contributed by atoms with Gasteiger partial charge in [-0.2, -0.15) is 5.26 Å². The minimum Gasteiger partial charge on any atom is -0.220 e. The van der Waals surface area contributed by atoms with E-state index < -0.39 is 0 Å². The largest absolute Gasteiger partial charge is 0.252 e. The van der Waals surface area contributed by atoms with E-state index >= 15 is 0 Å². The molecule has 5 nitrogen and oxygen atoms in total. The Labute approximate surface area is 45.5 Å². The Balaban J connectivity index is 3.15. The van der Waals surface area contributed by atoms with E-state index in [1.807, 2.05) is 0 Å². The van der Waals surface area contributed by atoms with Crippen molar-refractivity contribution in [2.24, 2.45) is 7.05 Å². The fourth-order valence-electron chi connectivity index (χ4n) is 0.324. The van der Waals surface area contributed by atoms with Gasteiger partial charge in [0.25, 0.3) is 5.82 Å². The molecule has 40 valence electrons. The number of hydrogen-bond donors (Lipinski definition) is 0. The van der Waals surface area contributed by atoms with E-state index in [-0.39, 0.29) is 5.82 Å². The molecule has 0 bridgehead atoms. The van der Waals surface area contributed by atoms with E-state index in [4.69, 9.17) is 5.26 Å². The quantitative estimate of drug-likeness (QED) is 0.432. The average Bonchev–Trinajstić information content (AvgIpc) is 2.14. The highest BCUT2D eigenvalue weighted by atomic mass is 15.5. The van der Waals surface area contributed by atoms with Gasteiger partial charge in [-0.3, -0.25) is 0 Å².